The molecule has 0 amide bonds. The normalized spacial score (nSPS) is 12.4. The summed E-state index contributed by atoms with van der Waals surface area (Å²) >= 11 is 0. The van der Waals surface area contributed by atoms with Gasteiger partial charge in [0.05, 0.1) is 17.5 Å². The zero-order valence-corrected chi connectivity index (χ0v) is 11.2. The van der Waals surface area contributed by atoms with Gasteiger partial charge in [0.25, 0.3) is 0 Å². The van der Waals surface area contributed by atoms with Crippen LogP contribution in [0.5, 0.6) is 5.75 Å². The molecule has 1 aromatic carbocycles. The predicted molar refractivity (Wildman–Crippen MR) is 62.5 cm³/mol. The van der Waals surface area contributed by atoms with Crippen LogP contribution in [0.4, 0.5) is 17.6 Å². The highest BCUT2D eigenvalue weighted by Gasteiger charge is 2.35. The Morgan fingerprint density at radius 2 is 1.95 bits per heavy atom. The molecule has 21 heavy (non-hydrogen) atoms. The molecule has 114 valence electrons. The monoisotopic (exact) mass is 324 g/mol. The van der Waals surface area contributed by atoms with Crippen molar-refractivity contribution >= 4 is 10.1 Å². The second kappa shape index (κ2) is 5.02. The van der Waals surface area contributed by atoms with Crippen LogP contribution in [0.2, 0.25) is 0 Å². The molecule has 0 aliphatic carbocycles. The molecule has 10 heteroatoms. The molecule has 2 rings (SSSR count). The summed E-state index contributed by atoms with van der Waals surface area (Å²) in [6.07, 6.45) is -4.00. The van der Waals surface area contributed by atoms with Gasteiger partial charge in [-0.1, -0.05) is 0 Å². The van der Waals surface area contributed by atoms with Gasteiger partial charge in [0.2, 0.25) is 0 Å². The predicted octanol–water partition coefficient (Wildman–Crippen LogP) is 2.64. The van der Waals surface area contributed by atoms with Crippen LogP contribution in [-0.2, 0) is 16.3 Å². The average molecular weight is 324 g/mol. The van der Waals surface area contributed by atoms with Gasteiger partial charge < -0.3 is 4.18 Å². The fraction of sp³-hybridized carbons (Fsp3) is 0.182. The fourth-order valence-corrected chi connectivity index (χ4v) is 2.59. The number of halogens is 4. The number of aromatic nitrogens is 2. The Morgan fingerprint density at radius 3 is 2.48 bits per heavy atom. The van der Waals surface area contributed by atoms with Crippen molar-refractivity contribution in [3.8, 4) is 5.75 Å². The van der Waals surface area contributed by atoms with Crippen molar-refractivity contribution in [1.82, 2.24) is 10.2 Å². The third kappa shape index (κ3) is 3.15. The van der Waals surface area contributed by atoms with Crippen molar-refractivity contribution in [3.05, 3.63) is 41.5 Å². The molecule has 0 saturated carbocycles. The fourth-order valence-electron chi connectivity index (χ4n) is 1.54. The van der Waals surface area contributed by atoms with Crippen molar-refractivity contribution in [2.24, 2.45) is 0 Å². The van der Waals surface area contributed by atoms with Gasteiger partial charge in [-0.3, -0.25) is 5.10 Å². The van der Waals surface area contributed by atoms with Gasteiger partial charge in [-0.25, -0.2) is 4.39 Å². The minimum absolute atomic E-state index is 0.160. The lowest BCUT2D eigenvalue weighted by molar-refractivity contribution is -0.140. The van der Waals surface area contributed by atoms with E-state index >= 15 is 0 Å². The first-order chi connectivity index (χ1) is 9.61. The molecule has 5 nitrogen and oxygen atoms in total. The van der Waals surface area contributed by atoms with Crippen LogP contribution in [0.15, 0.2) is 29.3 Å². The third-order valence-corrected chi connectivity index (χ3v) is 3.86. The molecule has 0 aliphatic heterocycles. The highest BCUT2D eigenvalue weighted by atomic mass is 32.2. The molecular formula is C11H8F4N2O3S. The highest BCUT2D eigenvalue weighted by Crippen LogP contribution is 2.34. The van der Waals surface area contributed by atoms with Crippen LogP contribution >= 0.6 is 0 Å². The summed E-state index contributed by atoms with van der Waals surface area (Å²) in [6, 6.07) is 1.55. The number of hydrogen-bond acceptors (Lipinski definition) is 4. The number of H-pyrrole nitrogens is 1. The lowest BCUT2D eigenvalue weighted by Gasteiger charge is -2.11. The Labute approximate surface area is 116 Å². The molecule has 0 fully saturated rings. The van der Waals surface area contributed by atoms with Crippen LogP contribution in [0, 0.1) is 12.7 Å². The molecule has 0 radical (unpaired) electrons. The smallest absolute Gasteiger partial charge is 0.379 e. The third-order valence-electron chi connectivity index (χ3n) is 2.50. The van der Waals surface area contributed by atoms with E-state index < -0.39 is 33.4 Å². The van der Waals surface area contributed by atoms with E-state index in [9.17, 15) is 26.0 Å². The summed E-state index contributed by atoms with van der Waals surface area (Å²) in [5.41, 5.74) is -1.45. The Kier molecular flexibility index (Phi) is 3.66. The van der Waals surface area contributed by atoms with Crippen molar-refractivity contribution in [2.45, 2.75) is 18.0 Å². The molecule has 2 aromatic rings. The Hall–Kier alpha value is -2.10. The van der Waals surface area contributed by atoms with Gasteiger partial charge in [-0.2, -0.15) is 26.7 Å². The summed E-state index contributed by atoms with van der Waals surface area (Å²) in [6.45, 7) is 1.40. The number of benzene rings is 1. The lowest BCUT2D eigenvalue weighted by atomic mass is 10.2. The first kappa shape index (κ1) is 15.3. The van der Waals surface area contributed by atoms with Crippen LogP contribution in [0.25, 0.3) is 0 Å². The molecule has 0 saturated heterocycles. The molecule has 1 N–H and O–H groups in total. The van der Waals surface area contributed by atoms with Crippen molar-refractivity contribution in [1.29, 1.82) is 0 Å². The summed E-state index contributed by atoms with van der Waals surface area (Å²) in [4.78, 5) is -0.319. The topological polar surface area (TPSA) is 72.0 Å². The van der Waals surface area contributed by atoms with Gasteiger partial charge in [0.15, 0.2) is 0 Å². The van der Waals surface area contributed by atoms with Crippen molar-refractivity contribution in [3.63, 3.8) is 0 Å². The summed E-state index contributed by atoms with van der Waals surface area (Å²) < 4.78 is 79.0. The molecule has 0 bridgehead atoms. The van der Waals surface area contributed by atoms with Gasteiger partial charge in [-0.15, -0.1) is 0 Å². The van der Waals surface area contributed by atoms with Crippen LogP contribution in [-0.4, -0.2) is 18.6 Å². The number of aromatic amines is 1. The maximum Gasteiger partial charge on any atom is 0.419 e. The van der Waals surface area contributed by atoms with E-state index in [0.29, 0.717) is 6.07 Å². The number of aryl methyl sites for hydroxylation is 1. The molecule has 0 aliphatic rings. The van der Waals surface area contributed by atoms with Crippen LogP contribution < -0.4 is 4.18 Å². The van der Waals surface area contributed by atoms with E-state index in [1.807, 2.05) is 0 Å². The van der Waals surface area contributed by atoms with E-state index in [-0.39, 0.29) is 16.7 Å². The standard InChI is InChI=1S/C11H8F4N2O3S/c1-6-10(5-16-17-6)21(18,19)20-7-2-3-9(12)8(4-7)11(13,14)15/h2-5H,1H3,(H,16,17). The summed E-state index contributed by atoms with van der Waals surface area (Å²) in [7, 11) is -4.36. The van der Waals surface area contributed by atoms with Crippen LogP contribution in [0.1, 0.15) is 11.3 Å². The first-order valence-electron chi connectivity index (χ1n) is 5.42. The minimum atomic E-state index is -4.96. The van der Waals surface area contributed by atoms with Crippen molar-refractivity contribution in [2.75, 3.05) is 0 Å². The highest BCUT2D eigenvalue weighted by molar-refractivity contribution is 7.87. The largest absolute Gasteiger partial charge is 0.419 e. The second-order valence-electron chi connectivity index (χ2n) is 4.04. The summed E-state index contributed by atoms with van der Waals surface area (Å²) in [5.74, 6) is -2.17. The van der Waals surface area contributed by atoms with Crippen LogP contribution in [0.3, 0.4) is 0 Å². The van der Waals surface area contributed by atoms with Crippen molar-refractivity contribution < 1.29 is 30.2 Å². The zero-order chi connectivity index (χ0) is 15.8. The average Bonchev–Trinajstić information content (AvgIpc) is 2.77. The number of hydrogen-bond donors (Lipinski definition) is 1. The van der Waals surface area contributed by atoms with E-state index in [1.54, 1.807) is 0 Å². The Morgan fingerprint density at radius 1 is 1.29 bits per heavy atom. The maximum atomic E-state index is 13.1. The second-order valence-corrected chi connectivity index (χ2v) is 5.55. The van der Waals surface area contributed by atoms with E-state index in [0.717, 1.165) is 12.3 Å². The maximum absolute atomic E-state index is 13.1. The van der Waals surface area contributed by atoms with E-state index in [4.69, 9.17) is 0 Å². The number of nitrogens with zero attached hydrogens (tertiary/aromatic N) is 1. The molecule has 0 spiro atoms. The summed E-state index contributed by atoms with van der Waals surface area (Å²) in [5, 5.41) is 5.83. The minimum Gasteiger partial charge on any atom is -0.379 e. The quantitative estimate of drug-likeness (QED) is 0.696. The number of nitrogens with one attached hydrogen (secondary N) is 1. The molecule has 0 atom stereocenters. The number of alkyl halides is 3. The molecule has 0 unspecified atom stereocenters. The zero-order valence-electron chi connectivity index (χ0n) is 10.4. The van der Waals surface area contributed by atoms with E-state index in [1.165, 1.54) is 6.92 Å². The molecular weight excluding hydrogens is 316 g/mol. The van der Waals surface area contributed by atoms with Gasteiger partial charge >= 0.3 is 16.3 Å². The Bertz CT molecular complexity index is 768. The van der Waals surface area contributed by atoms with E-state index in [2.05, 4.69) is 14.4 Å². The lowest BCUT2D eigenvalue weighted by Crippen LogP contribution is -2.12. The molecule has 1 aromatic heterocycles. The SMILES string of the molecule is Cc1[nH]ncc1S(=O)(=O)Oc1ccc(F)c(C(F)(F)F)c1. The van der Waals surface area contributed by atoms with Gasteiger partial charge in [0.1, 0.15) is 16.5 Å². The Balaban J connectivity index is 2.39. The van der Waals surface area contributed by atoms with Gasteiger partial charge in [-0.05, 0) is 25.1 Å². The van der Waals surface area contributed by atoms with Gasteiger partial charge in [0, 0.05) is 0 Å². The molecule has 1 heterocycles. The first-order valence-corrected chi connectivity index (χ1v) is 6.83. The number of rotatable bonds is 3.